The third-order valence-electron chi connectivity index (χ3n) is 4.50. The highest BCUT2D eigenvalue weighted by Crippen LogP contribution is 2.22. The van der Waals surface area contributed by atoms with E-state index in [1.807, 2.05) is 0 Å². The summed E-state index contributed by atoms with van der Waals surface area (Å²) in [4.78, 5) is 24.8. The fraction of sp³-hybridized carbons (Fsp3) is 0.529. The van der Waals surface area contributed by atoms with Crippen LogP contribution in [-0.4, -0.2) is 48.9 Å². The van der Waals surface area contributed by atoms with Gasteiger partial charge in [-0.3, -0.25) is 4.79 Å². The van der Waals surface area contributed by atoms with Crippen LogP contribution in [0.4, 0.5) is 0 Å². The topological polar surface area (TPSA) is 104 Å². The minimum Gasteiger partial charge on any atom is -0.480 e. The number of carbonyl (C=O) groups is 2. The lowest BCUT2D eigenvalue weighted by Crippen LogP contribution is -2.50. The van der Waals surface area contributed by atoms with Crippen molar-refractivity contribution in [3.05, 3.63) is 29.8 Å². The van der Waals surface area contributed by atoms with Crippen LogP contribution in [0.1, 0.15) is 38.7 Å². The van der Waals surface area contributed by atoms with Crippen molar-refractivity contribution in [2.24, 2.45) is 0 Å². The van der Waals surface area contributed by atoms with E-state index in [0.717, 1.165) is 18.4 Å². The molecule has 138 valence electrons. The van der Waals surface area contributed by atoms with E-state index < -0.39 is 21.5 Å². The van der Waals surface area contributed by atoms with Crippen molar-refractivity contribution < 1.29 is 23.1 Å². The molecule has 1 aromatic carbocycles. The van der Waals surface area contributed by atoms with Crippen molar-refractivity contribution in [2.45, 2.75) is 56.0 Å². The Morgan fingerprint density at radius 3 is 2.28 bits per heavy atom. The largest absolute Gasteiger partial charge is 0.480 e. The first kappa shape index (κ1) is 19.4. The van der Waals surface area contributed by atoms with Crippen LogP contribution in [0, 0.1) is 0 Å². The molecule has 2 rings (SSSR count). The third kappa shape index (κ3) is 4.79. The maximum atomic E-state index is 12.2. The summed E-state index contributed by atoms with van der Waals surface area (Å²) < 4.78 is 26.8. The van der Waals surface area contributed by atoms with E-state index in [1.54, 1.807) is 12.1 Å². The lowest BCUT2D eigenvalue weighted by atomic mass is 10.0. The lowest BCUT2D eigenvalue weighted by Gasteiger charge is -2.31. The number of aryl methyl sites for hydroxylation is 1. The number of nitrogens with one attached hydrogen (secondary N) is 1. The van der Waals surface area contributed by atoms with Crippen molar-refractivity contribution >= 4 is 21.9 Å². The van der Waals surface area contributed by atoms with E-state index in [4.69, 9.17) is 5.11 Å². The second-order valence-electron chi connectivity index (χ2n) is 6.86. The van der Waals surface area contributed by atoms with Crippen LogP contribution in [0.3, 0.4) is 0 Å². The predicted molar refractivity (Wildman–Crippen MR) is 92.6 cm³/mol. The first-order valence-corrected chi connectivity index (χ1v) is 9.63. The molecule has 7 nitrogen and oxygen atoms in total. The van der Waals surface area contributed by atoms with Crippen LogP contribution in [-0.2, 0) is 26.0 Å². The second kappa shape index (κ2) is 7.13. The molecule has 1 fully saturated rings. The summed E-state index contributed by atoms with van der Waals surface area (Å²) in [5.74, 6) is -1.35. The highest BCUT2D eigenvalue weighted by molar-refractivity contribution is 7.89. The molecule has 1 amide bonds. The highest BCUT2D eigenvalue weighted by atomic mass is 32.2. The number of carboxylic acid groups (broad SMARTS) is 1. The zero-order valence-corrected chi connectivity index (χ0v) is 15.5. The average Bonchev–Trinajstić information content (AvgIpc) is 3.35. The average molecular weight is 368 g/mol. The van der Waals surface area contributed by atoms with Gasteiger partial charge in [0.25, 0.3) is 0 Å². The number of aliphatic carboxylic acids is 1. The Hall–Kier alpha value is -1.93. The lowest BCUT2D eigenvalue weighted by molar-refractivity contribution is -0.155. The van der Waals surface area contributed by atoms with Crippen LogP contribution >= 0.6 is 0 Å². The van der Waals surface area contributed by atoms with Gasteiger partial charge in [0.05, 0.1) is 4.90 Å². The van der Waals surface area contributed by atoms with E-state index in [2.05, 4.69) is 4.72 Å². The monoisotopic (exact) mass is 368 g/mol. The zero-order chi connectivity index (χ0) is 18.8. The van der Waals surface area contributed by atoms with E-state index in [0.29, 0.717) is 6.42 Å². The Kier molecular flexibility index (Phi) is 5.53. The van der Waals surface area contributed by atoms with Crippen LogP contribution in [0.25, 0.3) is 0 Å². The first-order valence-electron chi connectivity index (χ1n) is 8.15. The van der Waals surface area contributed by atoms with Gasteiger partial charge >= 0.3 is 5.97 Å². The van der Waals surface area contributed by atoms with Crippen LogP contribution in [0.15, 0.2) is 29.2 Å². The molecule has 1 aliphatic rings. The number of hydrogen-bond donors (Lipinski definition) is 2. The summed E-state index contributed by atoms with van der Waals surface area (Å²) in [6.07, 6.45) is 2.31. The molecular weight excluding hydrogens is 344 g/mol. The van der Waals surface area contributed by atoms with Crippen molar-refractivity contribution in [1.29, 1.82) is 0 Å². The van der Waals surface area contributed by atoms with Gasteiger partial charge in [-0.05, 0) is 50.8 Å². The maximum Gasteiger partial charge on any atom is 0.329 e. The van der Waals surface area contributed by atoms with E-state index >= 15 is 0 Å². The second-order valence-corrected chi connectivity index (χ2v) is 8.57. The van der Waals surface area contributed by atoms with Gasteiger partial charge in [0.2, 0.25) is 15.9 Å². The highest BCUT2D eigenvalue weighted by Gasteiger charge is 2.34. The molecule has 1 saturated carbocycles. The number of benzene rings is 1. The fourth-order valence-electron chi connectivity index (χ4n) is 2.20. The number of hydrogen-bond acceptors (Lipinski definition) is 4. The van der Waals surface area contributed by atoms with Crippen molar-refractivity contribution in [3.8, 4) is 0 Å². The maximum absolute atomic E-state index is 12.2. The fourth-order valence-corrected chi connectivity index (χ4v) is 3.50. The summed E-state index contributed by atoms with van der Waals surface area (Å²) in [6, 6.07) is 6.45. The van der Waals surface area contributed by atoms with Crippen molar-refractivity contribution in [2.75, 3.05) is 7.05 Å². The van der Waals surface area contributed by atoms with Gasteiger partial charge in [-0.15, -0.1) is 0 Å². The van der Waals surface area contributed by atoms with Crippen LogP contribution in [0.2, 0.25) is 0 Å². The Labute approximate surface area is 148 Å². The molecule has 0 unspecified atom stereocenters. The van der Waals surface area contributed by atoms with Gasteiger partial charge in [0.15, 0.2) is 0 Å². The molecule has 0 bridgehead atoms. The van der Waals surface area contributed by atoms with Crippen LogP contribution in [0.5, 0.6) is 0 Å². The Morgan fingerprint density at radius 2 is 1.80 bits per heavy atom. The van der Waals surface area contributed by atoms with Crippen molar-refractivity contribution in [3.63, 3.8) is 0 Å². The quantitative estimate of drug-likeness (QED) is 0.721. The number of nitrogens with zero attached hydrogens (tertiary/aromatic N) is 1. The molecule has 1 aromatic rings. The van der Waals surface area contributed by atoms with E-state index in [1.165, 1.54) is 37.9 Å². The standard InChI is InChI=1S/C17H24N2O5S/c1-17(2,16(21)22)19(3)15(20)11-6-12-4-9-14(10-5-12)25(23,24)18-13-7-8-13/h4-5,9-10,13,18H,6-8,11H2,1-3H3,(H,21,22). The van der Waals surface area contributed by atoms with Gasteiger partial charge in [0, 0.05) is 19.5 Å². The number of rotatable bonds is 8. The normalized spacial score (nSPS) is 15.0. The Bertz CT molecular complexity index is 752. The van der Waals surface area contributed by atoms with Gasteiger partial charge < -0.3 is 10.0 Å². The SMILES string of the molecule is CN(C(=O)CCc1ccc(S(=O)(=O)NC2CC2)cc1)C(C)(C)C(=O)O. The van der Waals surface area contributed by atoms with Gasteiger partial charge in [-0.25, -0.2) is 17.9 Å². The molecule has 0 heterocycles. The number of carbonyl (C=O) groups excluding carboxylic acids is 1. The smallest absolute Gasteiger partial charge is 0.329 e. The van der Waals surface area contributed by atoms with Crippen LogP contribution < -0.4 is 4.72 Å². The van der Waals surface area contributed by atoms with Gasteiger partial charge in [-0.2, -0.15) is 0 Å². The number of sulfonamides is 1. The van der Waals surface area contributed by atoms with E-state index in [-0.39, 0.29) is 23.3 Å². The summed E-state index contributed by atoms with van der Waals surface area (Å²) >= 11 is 0. The Balaban J connectivity index is 1.95. The number of likely N-dealkylation sites (N-methyl/N-ethyl adjacent to an activating group) is 1. The summed E-state index contributed by atoms with van der Waals surface area (Å²) in [5.41, 5.74) is -0.455. The third-order valence-corrected chi connectivity index (χ3v) is 6.03. The zero-order valence-electron chi connectivity index (χ0n) is 14.7. The van der Waals surface area contributed by atoms with Crippen molar-refractivity contribution in [1.82, 2.24) is 9.62 Å². The molecule has 0 saturated heterocycles. The summed E-state index contributed by atoms with van der Waals surface area (Å²) in [6.45, 7) is 2.94. The molecule has 0 atom stereocenters. The number of carboxylic acids is 1. The van der Waals surface area contributed by atoms with Gasteiger partial charge in [0.1, 0.15) is 5.54 Å². The number of amides is 1. The molecule has 0 spiro atoms. The molecule has 2 N–H and O–H groups in total. The minimum absolute atomic E-state index is 0.0513. The predicted octanol–water partition coefficient (Wildman–Crippen LogP) is 1.38. The molecular formula is C17H24N2O5S. The summed E-state index contributed by atoms with van der Waals surface area (Å²) in [7, 11) is -2.01. The minimum atomic E-state index is -3.48. The molecule has 0 radical (unpaired) electrons. The molecule has 0 aliphatic heterocycles. The molecule has 0 aromatic heterocycles. The van der Waals surface area contributed by atoms with Gasteiger partial charge in [-0.1, -0.05) is 12.1 Å². The summed E-state index contributed by atoms with van der Waals surface area (Å²) in [5, 5.41) is 9.16. The molecule has 8 heteroatoms. The first-order chi connectivity index (χ1) is 11.5. The Morgan fingerprint density at radius 1 is 1.24 bits per heavy atom. The van der Waals surface area contributed by atoms with E-state index in [9.17, 15) is 18.0 Å². The molecule has 1 aliphatic carbocycles. The molecule has 25 heavy (non-hydrogen) atoms.